The minimum absolute atomic E-state index is 0.208. The maximum atomic E-state index is 12.0. The molecule has 0 spiro atoms. The SMILES string of the molecule is CCC(O)c1ccc2c(c1)C(C)C(=O)N2CC(=O)O. The zero-order chi connectivity index (χ0) is 14.2. The first kappa shape index (κ1) is 13.5. The number of hydrogen-bond donors (Lipinski definition) is 2. The molecule has 1 aliphatic heterocycles. The number of carboxylic acid groups (broad SMARTS) is 1. The van der Waals surface area contributed by atoms with Gasteiger partial charge in [0.05, 0.1) is 12.0 Å². The van der Waals surface area contributed by atoms with Gasteiger partial charge in [0, 0.05) is 5.69 Å². The van der Waals surface area contributed by atoms with E-state index in [0.717, 1.165) is 11.1 Å². The van der Waals surface area contributed by atoms with Crippen molar-refractivity contribution in [2.75, 3.05) is 11.4 Å². The molecule has 19 heavy (non-hydrogen) atoms. The first-order chi connectivity index (χ1) is 8.95. The Labute approximate surface area is 111 Å². The van der Waals surface area contributed by atoms with Crippen molar-refractivity contribution >= 4 is 17.6 Å². The number of aliphatic hydroxyl groups excluding tert-OH is 1. The smallest absolute Gasteiger partial charge is 0.323 e. The van der Waals surface area contributed by atoms with Crippen molar-refractivity contribution in [2.24, 2.45) is 0 Å². The van der Waals surface area contributed by atoms with Crippen molar-refractivity contribution in [3.63, 3.8) is 0 Å². The number of amides is 1. The predicted molar refractivity (Wildman–Crippen MR) is 70.1 cm³/mol. The van der Waals surface area contributed by atoms with E-state index in [0.29, 0.717) is 12.1 Å². The van der Waals surface area contributed by atoms with Gasteiger partial charge in [-0.05, 0) is 30.5 Å². The Balaban J connectivity index is 2.41. The molecule has 0 aromatic heterocycles. The van der Waals surface area contributed by atoms with Gasteiger partial charge < -0.3 is 15.1 Å². The number of aliphatic carboxylic acids is 1. The molecule has 1 heterocycles. The maximum Gasteiger partial charge on any atom is 0.323 e. The Morgan fingerprint density at radius 1 is 1.47 bits per heavy atom. The van der Waals surface area contributed by atoms with E-state index >= 15 is 0 Å². The third-order valence-electron chi connectivity index (χ3n) is 3.51. The number of nitrogens with zero attached hydrogens (tertiary/aromatic N) is 1. The number of carboxylic acids is 1. The van der Waals surface area contributed by atoms with E-state index in [9.17, 15) is 14.7 Å². The Morgan fingerprint density at radius 2 is 2.16 bits per heavy atom. The highest BCUT2D eigenvalue weighted by Gasteiger charge is 2.35. The monoisotopic (exact) mass is 263 g/mol. The lowest BCUT2D eigenvalue weighted by molar-refractivity contribution is -0.136. The van der Waals surface area contributed by atoms with Gasteiger partial charge in [-0.2, -0.15) is 0 Å². The van der Waals surface area contributed by atoms with Crippen LogP contribution in [0, 0.1) is 0 Å². The third-order valence-corrected chi connectivity index (χ3v) is 3.51. The van der Waals surface area contributed by atoms with Crippen LogP contribution in [0.5, 0.6) is 0 Å². The zero-order valence-corrected chi connectivity index (χ0v) is 11.0. The number of carbonyl (C=O) groups excluding carboxylic acids is 1. The van der Waals surface area contributed by atoms with E-state index in [1.54, 1.807) is 25.1 Å². The highest BCUT2D eigenvalue weighted by atomic mass is 16.4. The summed E-state index contributed by atoms with van der Waals surface area (Å²) in [6, 6.07) is 5.26. The Hall–Kier alpha value is -1.88. The van der Waals surface area contributed by atoms with Crippen LogP contribution in [0.3, 0.4) is 0 Å². The van der Waals surface area contributed by atoms with Gasteiger partial charge in [0.1, 0.15) is 6.54 Å². The average molecular weight is 263 g/mol. The molecule has 0 radical (unpaired) electrons. The second kappa shape index (κ2) is 5.01. The summed E-state index contributed by atoms with van der Waals surface area (Å²) in [5.41, 5.74) is 2.18. The molecular formula is C14H17NO4. The molecule has 0 saturated heterocycles. The fraction of sp³-hybridized carbons (Fsp3) is 0.429. The molecule has 2 atom stereocenters. The van der Waals surface area contributed by atoms with Crippen molar-refractivity contribution in [1.29, 1.82) is 0 Å². The number of anilines is 1. The average Bonchev–Trinajstić information content (AvgIpc) is 2.62. The van der Waals surface area contributed by atoms with E-state index in [2.05, 4.69) is 0 Å². The van der Waals surface area contributed by atoms with Crippen LogP contribution < -0.4 is 4.90 Å². The summed E-state index contributed by atoms with van der Waals surface area (Å²) < 4.78 is 0. The summed E-state index contributed by atoms with van der Waals surface area (Å²) in [6.07, 6.45) is 0.0427. The highest BCUT2D eigenvalue weighted by molar-refractivity contribution is 6.07. The molecule has 1 amide bonds. The largest absolute Gasteiger partial charge is 0.480 e. The summed E-state index contributed by atoms with van der Waals surface area (Å²) in [5.74, 6) is -1.61. The molecule has 102 valence electrons. The van der Waals surface area contributed by atoms with Gasteiger partial charge in [0.25, 0.3) is 0 Å². The lowest BCUT2D eigenvalue weighted by atomic mass is 9.98. The van der Waals surface area contributed by atoms with Gasteiger partial charge in [-0.15, -0.1) is 0 Å². The molecule has 5 heteroatoms. The first-order valence-corrected chi connectivity index (χ1v) is 6.30. The van der Waals surface area contributed by atoms with Crippen molar-refractivity contribution in [3.05, 3.63) is 29.3 Å². The van der Waals surface area contributed by atoms with Crippen molar-refractivity contribution in [1.82, 2.24) is 0 Å². The van der Waals surface area contributed by atoms with Crippen LogP contribution in [0.1, 0.15) is 43.4 Å². The molecule has 0 bridgehead atoms. The molecule has 1 aromatic carbocycles. The molecule has 2 unspecified atom stereocenters. The second-order valence-electron chi connectivity index (χ2n) is 4.78. The Kier molecular flexibility index (Phi) is 3.57. The maximum absolute atomic E-state index is 12.0. The highest BCUT2D eigenvalue weighted by Crippen LogP contribution is 2.38. The minimum Gasteiger partial charge on any atom is -0.480 e. The molecule has 1 aliphatic rings. The standard InChI is InChI=1S/C14H17NO4/c1-3-12(16)9-4-5-11-10(6-9)8(2)14(19)15(11)7-13(17)18/h4-6,8,12,16H,3,7H2,1-2H3,(H,17,18). The topological polar surface area (TPSA) is 77.8 Å². The number of aliphatic hydroxyl groups is 1. The third kappa shape index (κ3) is 2.33. The van der Waals surface area contributed by atoms with Crippen molar-refractivity contribution < 1.29 is 19.8 Å². The van der Waals surface area contributed by atoms with Gasteiger partial charge in [-0.1, -0.05) is 19.1 Å². The van der Waals surface area contributed by atoms with E-state index in [1.165, 1.54) is 4.90 Å². The molecule has 2 N–H and O–H groups in total. The van der Waals surface area contributed by atoms with E-state index in [-0.39, 0.29) is 18.4 Å². The molecule has 0 aliphatic carbocycles. The lowest BCUT2D eigenvalue weighted by Gasteiger charge is -2.15. The normalized spacial score (nSPS) is 19.4. The van der Waals surface area contributed by atoms with Crippen LogP contribution in [0.4, 0.5) is 5.69 Å². The quantitative estimate of drug-likeness (QED) is 0.866. The van der Waals surface area contributed by atoms with Gasteiger partial charge >= 0.3 is 5.97 Å². The summed E-state index contributed by atoms with van der Waals surface area (Å²) in [4.78, 5) is 24.1. The molecule has 5 nitrogen and oxygen atoms in total. The van der Waals surface area contributed by atoms with Crippen LogP contribution in [0.2, 0.25) is 0 Å². The van der Waals surface area contributed by atoms with Crippen molar-refractivity contribution in [3.8, 4) is 0 Å². The van der Waals surface area contributed by atoms with Crippen LogP contribution in [0.25, 0.3) is 0 Å². The van der Waals surface area contributed by atoms with Gasteiger partial charge in [-0.25, -0.2) is 0 Å². The fourth-order valence-corrected chi connectivity index (χ4v) is 2.39. The number of fused-ring (bicyclic) bond motifs is 1. The summed E-state index contributed by atoms with van der Waals surface area (Å²) in [7, 11) is 0. The lowest BCUT2D eigenvalue weighted by Crippen LogP contribution is -2.33. The first-order valence-electron chi connectivity index (χ1n) is 6.30. The molecular weight excluding hydrogens is 246 g/mol. The predicted octanol–water partition coefficient (Wildman–Crippen LogP) is 1.66. The molecule has 1 aromatic rings. The van der Waals surface area contributed by atoms with E-state index < -0.39 is 12.1 Å². The molecule has 0 saturated carbocycles. The zero-order valence-electron chi connectivity index (χ0n) is 11.0. The fourth-order valence-electron chi connectivity index (χ4n) is 2.39. The Morgan fingerprint density at radius 3 is 2.74 bits per heavy atom. The molecule has 0 fully saturated rings. The van der Waals surface area contributed by atoms with E-state index in [1.807, 2.05) is 6.92 Å². The summed E-state index contributed by atoms with van der Waals surface area (Å²) in [6.45, 7) is 3.31. The number of rotatable bonds is 4. The number of hydrogen-bond acceptors (Lipinski definition) is 3. The number of benzene rings is 1. The second-order valence-corrected chi connectivity index (χ2v) is 4.78. The number of carbonyl (C=O) groups is 2. The summed E-state index contributed by atoms with van der Waals surface area (Å²) >= 11 is 0. The molecule has 2 rings (SSSR count). The summed E-state index contributed by atoms with van der Waals surface area (Å²) in [5, 5.41) is 18.7. The minimum atomic E-state index is -1.04. The van der Waals surface area contributed by atoms with Gasteiger partial charge in [0.2, 0.25) is 5.91 Å². The van der Waals surface area contributed by atoms with Crippen LogP contribution in [0.15, 0.2) is 18.2 Å². The van der Waals surface area contributed by atoms with Gasteiger partial charge in [0.15, 0.2) is 0 Å². The van der Waals surface area contributed by atoms with Crippen LogP contribution in [-0.2, 0) is 9.59 Å². The van der Waals surface area contributed by atoms with Crippen LogP contribution in [-0.4, -0.2) is 28.6 Å². The van der Waals surface area contributed by atoms with Crippen molar-refractivity contribution in [2.45, 2.75) is 32.3 Å². The van der Waals surface area contributed by atoms with Crippen LogP contribution >= 0.6 is 0 Å². The Bertz CT molecular complexity index is 526. The van der Waals surface area contributed by atoms with E-state index in [4.69, 9.17) is 5.11 Å². The van der Waals surface area contributed by atoms with Gasteiger partial charge in [-0.3, -0.25) is 9.59 Å².